The van der Waals surface area contributed by atoms with E-state index in [1.807, 2.05) is 12.3 Å². The molecule has 0 unspecified atom stereocenters. The van der Waals surface area contributed by atoms with Crippen molar-refractivity contribution in [3.8, 4) is 17.5 Å². The van der Waals surface area contributed by atoms with Crippen LogP contribution in [-0.2, 0) is 30.7 Å². The van der Waals surface area contributed by atoms with Gasteiger partial charge in [0.15, 0.2) is 0 Å². The van der Waals surface area contributed by atoms with E-state index in [0.29, 0.717) is 12.1 Å². The van der Waals surface area contributed by atoms with Crippen molar-refractivity contribution in [3.63, 3.8) is 0 Å². The van der Waals surface area contributed by atoms with Crippen LogP contribution in [0.5, 0.6) is 0 Å². The van der Waals surface area contributed by atoms with Crippen LogP contribution in [0.25, 0.3) is 11.4 Å². The lowest BCUT2D eigenvalue weighted by atomic mass is 10.0. The molecule has 2 aliphatic rings. The number of nitrogens with one attached hydrogen (secondary N) is 1. The van der Waals surface area contributed by atoms with Crippen LogP contribution in [0.15, 0.2) is 36.5 Å². The Balaban J connectivity index is 0.000000168. The van der Waals surface area contributed by atoms with Crippen molar-refractivity contribution in [3.05, 3.63) is 64.7 Å². The number of benzene rings is 1. The molecule has 0 saturated heterocycles. The van der Waals surface area contributed by atoms with Crippen molar-refractivity contribution >= 4 is 12.1 Å². The zero-order chi connectivity index (χ0) is 21.8. The highest BCUT2D eigenvalue weighted by Gasteiger charge is 2.27. The number of aryl methyl sites for hydroxylation is 2. The fourth-order valence-electron chi connectivity index (χ4n) is 4.03. The molecule has 0 atom stereocenters. The van der Waals surface area contributed by atoms with Gasteiger partial charge in [-0.25, -0.2) is 4.39 Å². The number of nitrogens with zero attached hydrogens (tertiary/aromatic N) is 5. The number of fused-ring (bicyclic) bond motifs is 5. The lowest BCUT2D eigenvalue weighted by Gasteiger charge is -2.22. The van der Waals surface area contributed by atoms with Crippen LogP contribution in [-0.4, -0.2) is 39.7 Å². The number of halogens is 1. The molecule has 7 nitrogen and oxygen atoms in total. The Bertz CT molecular complexity index is 1150. The van der Waals surface area contributed by atoms with Gasteiger partial charge in [-0.1, -0.05) is 6.07 Å². The Morgan fingerprint density at radius 1 is 1.26 bits per heavy atom. The number of amides is 1. The van der Waals surface area contributed by atoms with Crippen LogP contribution >= 0.6 is 0 Å². The summed E-state index contributed by atoms with van der Waals surface area (Å²) in [6.45, 7) is 3.13. The molecule has 8 heteroatoms. The summed E-state index contributed by atoms with van der Waals surface area (Å²) in [5, 5.41) is 15.6. The van der Waals surface area contributed by atoms with Crippen molar-refractivity contribution in [2.24, 2.45) is 0 Å². The molecule has 158 valence electrons. The van der Waals surface area contributed by atoms with Gasteiger partial charge in [-0.15, -0.1) is 0 Å². The standard InChI is InChI=1S/C15H18N4.C8H5FN2O/c1-18-9-6-13-12(10-18)15-14-11(4-2-7-16-14)5-3-8-19(15)17-13;9-8-2-1-7(11-5-12)3-6(8)4-10/h2,4,7H,3,5-6,8-10H2,1H3;1-3,5H,(H,11,12). The van der Waals surface area contributed by atoms with E-state index in [1.54, 1.807) is 6.07 Å². The quantitative estimate of drug-likeness (QED) is 0.646. The highest BCUT2D eigenvalue weighted by molar-refractivity contribution is 5.71. The van der Waals surface area contributed by atoms with E-state index in [2.05, 4.69) is 33.0 Å². The Morgan fingerprint density at radius 2 is 2.13 bits per heavy atom. The highest BCUT2D eigenvalue weighted by Crippen LogP contribution is 2.33. The van der Waals surface area contributed by atoms with Crippen molar-refractivity contribution < 1.29 is 9.18 Å². The van der Waals surface area contributed by atoms with E-state index < -0.39 is 5.82 Å². The van der Waals surface area contributed by atoms with Gasteiger partial charge in [0.05, 0.1) is 22.6 Å². The maximum absolute atomic E-state index is 12.7. The number of rotatable bonds is 2. The molecule has 0 aliphatic carbocycles. The molecule has 0 saturated carbocycles. The minimum Gasteiger partial charge on any atom is -0.329 e. The van der Waals surface area contributed by atoms with Crippen LogP contribution in [0.3, 0.4) is 0 Å². The monoisotopic (exact) mass is 418 g/mol. The smallest absolute Gasteiger partial charge is 0.211 e. The van der Waals surface area contributed by atoms with E-state index in [1.165, 1.54) is 34.6 Å². The molecule has 4 heterocycles. The van der Waals surface area contributed by atoms with Gasteiger partial charge >= 0.3 is 0 Å². The first-order valence-electron chi connectivity index (χ1n) is 10.2. The average molecular weight is 418 g/mol. The molecule has 31 heavy (non-hydrogen) atoms. The molecular formula is C23H23FN6O. The number of pyridine rings is 1. The largest absolute Gasteiger partial charge is 0.329 e. The van der Waals surface area contributed by atoms with Gasteiger partial charge < -0.3 is 10.2 Å². The average Bonchev–Trinajstić information content (AvgIpc) is 3.02. The molecule has 5 rings (SSSR count). The minimum atomic E-state index is -0.589. The Labute approximate surface area is 180 Å². The van der Waals surface area contributed by atoms with Crippen LogP contribution in [0.1, 0.15) is 28.8 Å². The van der Waals surface area contributed by atoms with Gasteiger partial charge in [-0.2, -0.15) is 10.4 Å². The number of nitriles is 1. The van der Waals surface area contributed by atoms with Gasteiger partial charge in [0.1, 0.15) is 11.9 Å². The zero-order valence-electron chi connectivity index (χ0n) is 17.3. The molecule has 0 fully saturated rings. The molecule has 2 aromatic heterocycles. The summed E-state index contributed by atoms with van der Waals surface area (Å²) in [4.78, 5) is 17.0. The summed E-state index contributed by atoms with van der Waals surface area (Å²) < 4.78 is 14.9. The molecule has 1 N–H and O–H groups in total. The third-order valence-electron chi connectivity index (χ3n) is 5.54. The molecular weight excluding hydrogens is 395 g/mol. The second-order valence-electron chi connectivity index (χ2n) is 7.67. The van der Waals surface area contributed by atoms with E-state index in [9.17, 15) is 9.18 Å². The van der Waals surface area contributed by atoms with E-state index in [4.69, 9.17) is 10.4 Å². The second-order valence-corrected chi connectivity index (χ2v) is 7.67. The molecule has 0 radical (unpaired) electrons. The molecule has 1 aromatic carbocycles. The van der Waals surface area contributed by atoms with Crippen LogP contribution < -0.4 is 5.32 Å². The maximum atomic E-state index is 12.7. The summed E-state index contributed by atoms with van der Waals surface area (Å²) >= 11 is 0. The number of hydrogen-bond donors (Lipinski definition) is 1. The Kier molecular flexibility index (Phi) is 6.05. The fraction of sp³-hybridized carbons (Fsp3) is 0.304. The van der Waals surface area contributed by atoms with E-state index in [0.717, 1.165) is 50.7 Å². The highest BCUT2D eigenvalue weighted by atomic mass is 19.1. The first kappa shape index (κ1) is 20.7. The minimum absolute atomic E-state index is 0.0816. The van der Waals surface area contributed by atoms with Crippen molar-refractivity contribution in [1.29, 1.82) is 5.26 Å². The number of carbonyl (C=O) groups excluding carboxylic acids is 1. The van der Waals surface area contributed by atoms with Crippen LogP contribution in [0.2, 0.25) is 0 Å². The van der Waals surface area contributed by atoms with Gasteiger partial charge in [-0.05, 0) is 49.7 Å². The third-order valence-corrected chi connectivity index (χ3v) is 5.54. The van der Waals surface area contributed by atoms with Gasteiger partial charge in [0, 0.05) is 43.5 Å². The van der Waals surface area contributed by atoms with Gasteiger partial charge in [0.25, 0.3) is 0 Å². The van der Waals surface area contributed by atoms with Crippen molar-refractivity contribution in [2.75, 3.05) is 18.9 Å². The summed E-state index contributed by atoms with van der Waals surface area (Å²) in [5.74, 6) is -0.589. The Hall–Kier alpha value is -3.57. The SMILES string of the molecule is CN1CCc2nn3c(c2C1)-c1ncccc1CCC3.N#Cc1cc(NC=O)ccc1F. The zero-order valence-corrected chi connectivity index (χ0v) is 17.3. The molecule has 2 aliphatic heterocycles. The first-order chi connectivity index (χ1) is 15.1. The summed E-state index contributed by atoms with van der Waals surface area (Å²) in [6, 6.07) is 9.70. The maximum Gasteiger partial charge on any atom is 0.211 e. The molecule has 1 amide bonds. The third kappa shape index (κ3) is 4.32. The lowest BCUT2D eigenvalue weighted by Crippen LogP contribution is -2.26. The van der Waals surface area contributed by atoms with Gasteiger partial charge in [0.2, 0.25) is 6.41 Å². The van der Waals surface area contributed by atoms with Crippen LogP contribution in [0.4, 0.5) is 10.1 Å². The van der Waals surface area contributed by atoms with E-state index in [-0.39, 0.29) is 5.56 Å². The summed E-state index contributed by atoms with van der Waals surface area (Å²) in [7, 11) is 2.18. The molecule has 0 spiro atoms. The summed E-state index contributed by atoms with van der Waals surface area (Å²) in [6.07, 6.45) is 5.70. The second kappa shape index (κ2) is 9.06. The van der Waals surface area contributed by atoms with Crippen molar-refractivity contribution in [1.82, 2.24) is 19.7 Å². The van der Waals surface area contributed by atoms with Gasteiger partial charge in [-0.3, -0.25) is 14.5 Å². The number of carbonyl (C=O) groups is 1. The number of hydrogen-bond acceptors (Lipinski definition) is 5. The predicted molar refractivity (Wildman–Crippen MR) is 115 cm³/mol. The first-order valence-corrected chi connectivity index (χ1v) is 10.2. The molecule has 0 bridgehead atoms. The predicted octanol–water partition coefficient (Wildman–Crippen LogP) is 3.14. The fourth-order valence-corrected chi connectivity index (χ4v) is 4.03. The molecule has 3 aromatic rings. The Morgan fingerprint density at radius 3 is 2.94 bits per heavy atom. The van der Waals surface area contributed by atoms with Crippen molar-refractivity contribution in [2.45, 2.75) is 32.4 Å². The normalized spacial score (nSPS) is 14.6. The van der Waals surface area contributed by atoms with Crippen LogP contribution in [0, 0.1) is 17.1 Å². The number of aromatic nitrogens is 3. The lowest BCUT2D eigenvalue weighted by molar-refractivity contribution is -0.105. The summed E-state index contributed by atoms with van der Waals surface area (Å²) in [5.41, 5.74) is 6.81. The topological polar surface area (TPSA) is 86.8 Å². The number of anilines is 1. The number of likely N-dealkylation sites (N-methyl/N-ethyl adjacent to an activating group) is 1. The van der Waals surface area contributed by atoms with E-state index >= 15 is 0 Å².